The average Bonchev–Trinajstić information content (AvgIpc) is 3.27. The lowest BCUT2D eigenvalue weighted by atomic mass is 10.1. The molecule has 0 unspecified atom stereocenters. The van der Waals surface area contributed by atoms with Crippen LogP contribution in [0.3, 0.4) is 0 Å². The van der Waals surface area contributed by atoms with E-state index in [1.165, 1.54) is 0 Å². The Bertz CT molecular complexity index is 950. The molecule has 0 aliphatic carbocycles. The molecule has 0 saturated carbocycles. The summed E-state index contributed by atoms with van der Waals surface area (Å²) in [5, 5.41) is 0. The lowest BCUT2D eigenvalue weighted by Crippen LogP contribution is -2.16. The maximum absolute atomic E-state index is 5.40. The molecule has 1 aliphatic rings. The Morgan fingerprint density at radius 1 is 1.12 bits per heavy atom. The number of fused-ring (bicyclic) bond motifs is 1. The number of imidazole rings is 1. The number of ether oxygens (including phenoxy) is 2. The molecule has 3 heterocycles. The van der Waals surface area contributed by atoms with Gasteiger partial charge in [-0.1, -0.05) is 0 Å². The van der Waals surface area contributed by atoms with Crippen LogP contribution in [0.25, 0.3) is 11.3 Å². The van der Waals surface area contributed by atoms with Gasteiger partial charge in [0.1, 0.15) is 11.7 Å². The van der Waals surface area contributed by atoms with Gasteiger partial charge in [-0.05, 0) is 35.9 Å². The van der Waals surface area contributed by atoms with E-state index >= 15 is 0 Å². The summed E-state index contributed by atoms with van der Waals surface area (Å²) < 4.78 is 12.7. The first-order valence-corrected chi connectivity index (χ1v) is 8.26. The van der Waals surface area contributed by atoms with Gasteiger partial charge in [-0.2, -0.15) is 0 Å². The second-order valence-electron chi connectivity index (χ2n) is 5.87. The van der Waals surface area contributed by atoms with Crippen LogP contribution in [0.1, 0.15) is 11.4 Å². The summed E-state index contributed by atoms with van der Waals surface area (Å²) in [6.45, 7) is 0.612. The Kier molecular flexibility index (Phi) is 4.27. The van der Waals surface area contributed by atoms with Gasteiger partial charge in [0, 0.05) is 18.0 Å². The lowest BCUT2D eigenvalue weighted by Gasteiger charge is -2.11. The summed E-state index contributed by atoms with van der Waals surface area (Å²) in [7, 11) is 3.26. The highest BCUT2D eigenvalue weighted by molar-refractivity contribution is 5.94. The van der Waals surface area contributed by atoms with Crippen molar-refractivity contribution >= 4 is 5.84 Å². The van der Waals surface area contributed by atoms with E-state index in [0.717, 1.165) is 28.5 Å². The van der Waals surface area contributed by atoms with Crippen LogP contribution in [0.2, 0.25) is 0 Å². The van der Waals surface area contributed by atoms with Gasteiger partial charge in [-0.25, -0.2) is 9.66 Å². The predicted molar refractivity (Wildman–Crippen MR) is 99.2 cm³/mol. The molecule has 0 fully saturated rings. The normalized spacial score (nSPS) is 14.2. The zero-order valence-corrected chi connectivity index (χ0v) is 14.6. The molecule has 0 radical (unpaired) electrons. The fourth-order valence-electron chi connectivity index (χ4n) is 2.92. The molecule has 0 saturated heterocycles. The third kappa shape index (κ3) is 2.99. The van der Waals surface area contributed by atoms with Crippen molar-refractivity contribution < 1.29 is 9.47 Å². The van der Waals surface area contributed by atoms with Crippen LogP contribution in [0.15, 0.2) is 53.9 Å². The standard InChI is InChI=1S/C19H19N5O2/c1-25-16-4-3-14(9-17(16)26-2)15-12-22-19-10-18(23-24(15)19)21-11-13-5-7-20-8-6-13/h3-9,12H,10-11H2,1-2H3,(H,21,23). The van der Waals surface area contributed by atoms with Crippen LogP contribution >= 0.6 is 0 Å². The maximum atomic E-state index is 5.40. The van der Waals surface area contributed by atoms with Crippen LogP contribution < -0.4 is 14.9 Å². The van der Waals surface area contributed by atoms with Crippen molar-refractivity contribution in [1.29, 1.82) is 0 Å². The first-order chi connectivity index (χ1) is 12.8. The number of hydrogen-bond acceptors (Lipinski definition) is 5. The number of aliphatic imine (C=N–C) groups is 1. The Morgan fingerprint density at radius 2 is 1.92 bits per heavy atom. The third-order valence-corrected chi connectivity index (χ3v) is 4.28. The molecule has 0 amide bonds. The van der Waals surface area contributed by atoms with Crippen LogP contribution in [-0.2, 0) is 13.0 Å². The minimum atomic E-state index is 0.612. The van der Waals surface area contributed by atoms with E-state index in [-0.39, 0.29) is 0 Å². The second-order valence-corrected chi connectivity index (χ2v) is 5.87. The Balaban J connectivity index is 1.57. The van der Waals surface area contributed by atoms with Crippen molar-refractivity contribution in [3.63, 3.8) is 0 Å². The van der Waals surface area contributed by atoms with Gasteiger partial charge in [0.2, 0.25) is 0 Å². The quantitative estimate of drug-likeness (QED) is 0.767. The third-order valence-electron chi connectivity index (χ3n) is 4.28. The summed E-state index contributed by atoms with van der Waals surface area (Å²) in [4.78, 5) is 13.2. The highest BCUT2D eigenvalue weighted by Gasteiger charge is 2.21. The van der Waals surface area contributed by atoms with E-state index in [2.05, 4.69) is 20.4 Å². The largest absolute Gasteiger partial charge is 0.493 e. The number of aromatic nitrogens is 3. The fourth-order valence-corrected chi connectivity index (χ4v) is 2.92. The van der Waals surface area contributed by atoms with Gasteiger partial charge in [0.05, 0.1) is 39.1 Å². The minimum Gasteiger partial charge on any atom is -0.493 e. The van der Waals surface area contributed by atoms with Crippen LogP contribution in [0, 0.1) is 0 Å². The molecule has 7 heteroatoms. The number of benzene rings is 1. The van der Waals surface area contributed by atoms with E-state index in [9.17, 15) is 0 Å². The molecule has 3 aromatic rings. The van der Waals surface area contributed by atoms with E-state index in [4.69, 9.17) is 9.47 Å². The van der Waals surface area contributed by atoms with Crippen molar-refractivity contribution in [3.05, 3.63) is 60.3 Å². The van der Waals surface area contributed by atoms with Gasteiger partial charge in [0.25, 0.3) is 0 Å². The van der Waals surface area contributed by atoms with E-state index in [1.807, 2.05) is 41.2 Å². The summed E-state index contributed by atoms with van der Waals surface area (Å²) in [5.41, 5.74) is 6.40. The van der Waals surface area contributed by atoms with Gasteiger partial charge in [0.15, 0.2) is 11.5 Å². The fraction of sp³-hybridized carbons (Fsp3) is 0.211. The zero-order valence-electron chi connectivity index (χ0n) is 14.6. The van der Waals surface area contributed by atoms with Crippen molar-refractivity contribution in [3.8, 4) is 22.8 Å². The van der Waals surface area contributed by atoms with Crippen molar-refractivity contribution in [2.45, 2.75) is 13.0 Å². The topological polar surface area (TPSA) is 73.6 Å². The Morgan fingerprint density at radius 3 is 2.69 bits per heavy atom. The lowest BCUT2D eigenvalue weighted by molar-refractivity contribution is 0.355. The Labute approximate surface area is 151 Å². The summed E-state index contributed by atoms with van der Waals surface area (Å²) in [5.74, 6) is 3.21. The molecule has 132 valence electrons. The SMILES string of the molecule is COc1ccc(-c2cnc3n2NC(=NCc2ccncc2)C3)cc1OC. The number of rotatable bonds is 5. The molecular formula is C19H19N5O2. The number of hydrogen-bond donors (Lipinski definition) is 1. The Hall–Kier alpha value is -3.35. The van der Waals surface area contributed by atoms with Gasteiger partial charge in [-0.15, -0.1) is 0 Å². The van der Waals surface area contributed by atoms with Gasteiger partial charge < -0.3 is 9.47 Å². The number of methoxy groups -OCH3 is 2. The van der Waals surface area contributed by atoms with Gasteiger partial charge in [-0.3, -0.25) is 15.4 Å². The van der Waals surface area contributed by atoms with Crippen molar-refractivity contribution in [2.75, 3.05) is 19.6 Å². The van der Waals surface area contributed by atoms with E-state index in [0.29, 0.717) is 24.5 Å². The summed E-state index contributed by atoms with van der Waals surface area (Å²) in [6, 6.07) is 9.75. The monoisotopic (exact) mass is 349 g/mol. The predicted octanol–water partition coefficient (Wildman–Crippen LogP) is 2.66. The maximum Gasteiger partial charge on any atom is 0.161 e. The first kappa shape index (κ1) is 16.1. The molecule has 0 bridgehead atoms. The number of amidine groups is 1. The highest BCUT2D eigenvalue weighted by Crippen LogP contribution is 2.33. The van der Waals surface area contributed by atoms with Crippen LogP contribution in [0.4, 0.5) is 0 Å². The highest BCUT2D eigenvalue weighted by atomic mass is 16.5. The molecule has 0 atom stereocenters. The van der Waals surface area contributed by atoms with E-state index < -0.39 is 0 Å². The second kappa shape index (κ2) is 6.87. The number of pyridine rings is 1. The molecular weight excluding hydrogens is 330 g/mol. The molecule has 7 nitrogen and oxygen atoms in total. The number of nitrogens with one attached hydrogen (secondary N) is 1. The molecule has 1 aliphatic heterocycles. The minimum absolute atomic E-state index is 0.612. The van der Waals surface area contributed by atoms with Gasteiger partial charge >= 0.3 is 0 Å². The smallest absolute Gasteiger partial charge is 0.161 e. The summed E-state index contributed by atoms with van der Waals surface area (Å²) in [6.07, 6.45) is 6.08. The molecule has 4 rings (SSSR count). The first-order valence-electron chi connectivity index (χ1n) is 8.26. The molecule has 1 aromatic carbocycles. The van der Waals surface area contributed by atoms with Crippen molar-refractivity contribution in [1.82, 2.24) is 14.6 Å². The van der Waals surface area contributed by atoms with Crippen LogP contribution in [0.5, 0.6) is 11.5 Å². The number of nitrogens with zero attached hydrogens (tertiary/aromatic N) is 4. The molecule has 2 aromatic heterocycles. The van der Waals surface area contributed by atoms with E-state index in [1.54, 1.807) is 26.6 Å². The molecule has 1 N–H and O–H groups in total. The zero-order chi connectivity index (χ0) is 17.9. The average molecular weight is 349 g/mol. The summed E-state index contributed by atoms with van der Waals surface area (Å²) >= 11 is 0. The molecule has 26 heavy (non-hydrogen) atoms. The molecule has 0 spiro atoms. The van der Waals surface area contributed by atoms with Crippen molar-refractivity contribution in [2.24, 2.45) is 4.99 Å². The van der Waals surface area contributed by atoms with Crippen LogP contribution in [-0.4, -0.2) is 34.7 Å².